The molecule has 0 aromatic carbocycles. The Hall–Kier alpha value is -1.12. The Morgan fingerprint density at radius 3 is 2.69 bits per heavy atom. The number of piperazine rings is 1. The van der Waals surface area contributed by atoms with Gasteiger partial charge in [-0.15, -0.1) is 0 Å². The van der Waals surface area contributed by atoms with Crippen molar-refractivity contribution in [3.63, 3.8) is 0 Å². The van der Waals surface area contributed by atoms with E-state index in [1.165, 1.54) is 0 Å². The number of nitriles is 1. The van der Waals surface area contributed by atoms with Crippen LogP contribution in [0.5, 0.6) is 0 Å². The van der Waals surface area contributed by atoms with E-state index in [1.807, 2.05) is 4.90 Å². The lowest BCUT2D eigenvalue weighted by molar-refractivity contribution is -0.142. The Labute approximate surface area is 95.6 Å². The smallest absolute Gasteiger partial charge is 0.251 e. The van der Waals surface area contributed by atoms with Crippen molar-refractivity contribution in [1.82, 2.24) is 9.80 Å². The van der Waals surface area contributed by atoms with Crippen LogP contribution >= 0.6 is 0 Å². The molecule has 0 aliphatic carbocycles. The minimum Gasteiger partial charge on any atom is -0.368 e. The molecule has 0 aromatic rings. The van der Waals surface area contributed by atoms with E-state index < -0.39 is 0 Å². The van der Waals surface area contributed by atoms with Crippen molar-refractivity contribution >= 4 is 5.91 Å². The van der Waals surface area contributed by atoms with E-state index in [0.29, 0.717) is 13.2 Å². The average Bonchev–Trinajstić information content (AvgIpc) is 2.83. The summed E-state index contributed by atoms with van der Waals surface area (Å²) in [5.41, 5.74) is 0. The molecule has 0 saturated carbocycles. The Balaban J connectivity index is 1.80. The second-order valence-electron chi connectivity index (χ2n) is 4.26. The number of carbonyl (C=O) groups excluding carboxylic acids is 1. The molecule has 1 amide bonds. The molecule has 5 heteroatoms. The van der Waals surface area contributed by atoms with E-state index in [-0.39, 0.29) is 12.0 Å². The number of carbonyl (C=O) groups is 1. The van der Waals surface area contributed by atoms with Crippen molar-refractivity contribution in [2.75, 3.05) is 39.3 Å². The first kappa shape index (κ1) is 11.4. The molecule has 0 radical (unpaired) electrons. The normalized spacial score (nSPS) is 26.7. The van der Waals surface area contributed by atoms with Gasteiger partial charge in [-0.1, -0.05) is 0 Å². The van der Waals surface area contributed by atoms with Gasteiger partial charge in [0.2, 0.25) is 0 Å². The summed E-state index contributed by atoms with van der Waals surface area (Å²) >= 11 is 0. The molecule has 2 saturated heterocycles. The summed E-state index contributed by atoms with van der Waals surface area (Å²) in [6.45, 7) is 4.21. The topological polar surface area (TPSA) is 56.6 Å². The van der Waals surface area contributed by atoms with Gasteiger partial charge in [0.1, 0.15) is 6.10 Å². The lowest BCUT2D eigenvalue weighted by atomic mass is 10.2. The van der Waals surface area contributed by atoms with Crippen molar-refractivity contribution in [3.05, 3.63) is 0 Å². The van der Waals surface area contributed by atoms with E-state index in [0.717, 1.165) is 39.0 Å². The standard InChI is InChI=1S/C11H17N3O2/c12-3-4-13-5-7-14(8-6-13)11(15)10-2-1-9-16-10/h10H,1-2,4-9H2. The molecule has 1 unspecified atom stereocenters. The molecule has 5 nitrogen and oxygen atoms in total. The fourth-order valence-electron chi connectivity index (χ4n) is 2.20. The van der Waals surface area contributed by atoms with Crippen molar-refractivity contribution in [2.24, 2.45) is 0 Å². The molecule has 0 aromatic heterocycles. The van der Waals surface area contributed by atoms with Crippen LogP contribution in [-0.2, 0) is 9.53 Å². The molecule has 2 heterocycles. The maximum absolute atomic E-state index is 12.0. The number of ether oxygens (including phenoxy) is 1. The SMILES string of the molecule is N#CCN1CCN(C(=O)C2CCCO2)CC1. The highest BCUT2D eigenvalue weighted by atomic mass is 16.5. The first-order valence-electron chi connectivity index (χ1n) is 5.81. The highest BCUT2D eigenvalue weighted by Gasteiger charge is 2.30. The fourth-order valence-corrected chi connectivity index (χ4v) is 2.20. The van der Waals surface area contributed by atoms with Crippen LogP contribution in [0.4, 0.5) is 0 Å². The molecule has 2 fully saturated rings. The monoisotopic (exact) mass is 223 g/mol. The zero-order valence-electron chi connectivity index (χ0n) is 9.39. The summed E-state index contributed by atoms with van der Waals surface area (Å²) in [6.07, 6.45) is 1.64. The van der Waals surface area contributed by atoms with Crippen molar-refractivity contribution in [2.45, 2.75) is 18.9 Å². The third-order valence-electron chi connectivity index (χ3n) is 3.18. The number of hydrogen-bond donors (Lipinski definition) is 0. The molecule has 16 heavy (non-hydrogen) atoms. The molecule has 2 aliphatic rings. The highest BCUT2D eigenvalue weighted by molar-refractivity contribution is 5.81. The van der Waals surface area contributed by atoms with E-state index >= 15 is 0 Å². The first-order chi connectivity index (χ1) is 7.81. The molecule has 1 atom stereocenters. The summed E-state index contributed by atoms with van der Waals surface area (Å²) in [6, 6.07) is 2.13. The molecular formula is C11H17N3O2. The van der Waals surface area contributed by atoms with Gasteiger partial charge in [-0.3, -0.25) is 9.69 Å². The Morgan fingerprint density at radius 2 is 2.12 bits per heavy atom. The summed E-state index contributed by atoms with van der Waals surface area (Å²) < 4.78 is 5.39. The van der Waals surface area contributed by atoms with Crippen LogP contribution in [0.3, 0.4) is 0 Å². The van der Waals surface area contributed by atoms with Crippen molar-refractivity contribution < 1.29 is 9.53 Å². The molecular weight excluding hydrogens is 206 g/mol. The molecule has 88 valence electrons. The van der Waals surface area contributed by atoms with Crippen LogP contribution in [0.15, 0.2) is 0 Å². The van der Waals surface area contributed by atoms with E-state index in [1.54, 1.807) is 0 Å². The molecule has 2 rings (SSSR count). The number of amides is 1. The van der Waals surface area contributed by atoms with Gasteiger partial charge in [0.15, 0.2) is 0 Å². The zero-order valence-corrected chi connectivity index (χ0v) is 9.39. The summed E-state index contributed by atoms with van der Waals surface area (Å²) in [5, 5.41) is 8.57. The van der Waals surface area contributed by atoms with Gasteiger partial charge in [-0.05, 0) is 12.8 Å². The van der Waals surface area contributed by atoms with Crippen molar-refractivity contribution in [3.8, 4) is 6.07 Å². The van der Waals surface area contributed by atoms with Crippen LogP contribution in [0.2, 0.25) is 0 Å². The zero-order chi connectivity index (χ0) is 11.4. The van der Waals surface area contributed by atoms with Gasteiger partial charge < -0.3 is 9.64 Å². The fraction of sp³-hybridized carbons (Fsp3) is 0.818. The third-order valence-corrected chi connectivity index (χ3v) is 3.18. The van der Waals surface area contributed by atoms with E-state index in [4.69, 9.17) is 10.00 Å². The predicted molar refractivity (Wildman–Crippen MR) is 57.6 cm³/mol. The second-order valence-corrected chi connectivity index (χ2v) is 4.26. The lowest BCUT2D eigenvalue weighted by Crippen LogP contribution is -2.51. The average molecular weight is 223 g/mol. The lowest BCUT2D eigenvalue weighted by Gasteiger charge is -2.34. The molecule has 0 bridgehead atoms. The highest BCUT2D eigenvalue weighted by Crippen LogP contribution is 2.15. The van der Waals surface area contributed by atoms with E-state index in [9.17, 15) is 4.79 Å². The molecule has 0 spiro atoms. The van der Waals surface area contributed by atoms with Crippen LogP contribution in [0.1, 0.15) is 12.8 Å². The Morgan fingerprint density at radius 1 is 1.38 bits per heavy atom. The minimum absolute atomic E-state index is 0.133. The van der Waals surface area contributed by atoms with Crippen LogP contribution < -0.4 is 0 Å². The Kier molecular flexibility index (Phi) is 3.75. The van der Waals surface area contributed by atoms with Gasteiger partial charge in [-0.2, -0.15) is 5.26 Å². The van der Waals surface area contributed by atoms with Gasteiger partial charge in [0, 0.05) is 32.8 Å². The number of hydrogen-bond acceptors (Lipinski definition) is 4. The Bertz CT molecular complexity index is 286. The summed E-state index contributed by atoms with van der Waals surface area (Å²) in [4.78, 5) is 15.9. The molecule has 2 aliphatic heterocycles. The summed E-state index contributed by atoms with van der Waals surface area (Å²) in [5.74, 6) is 0.133. The maximum atomic E-state index is 12.0. The third kappa shape index (κ3) is 2.52. The largest absolute Gasteiger partial charge is 0.368 e. The van der Waals surface area contributed by atoms with Crippen LogP contribution in [0.25, 0.3) is 0 Å². The van der Waals surface area contributed by atoms with Crippen LogP contribution in [0, 0.1) is 11.3 Å². The van der Waals surface area contributed by atoms with Gasteiger partial charge in [-0.25, -0.2) is 0 Å². The number of nitrogens with zero attached hydrogens (tertiary/aromatic N) is 3. The maximum Gasteiger partial charge on any atom is 0.251 e. The van der Waals surface area contributed by atoms with Gasteiger partial charge >= 0.3 is 0 Å². The summed E-state index contributed by atoms with van der Waals surface area (Å²) in [7, 11) is 0. The number of rotatable bonds is 2. The second kappa shape index (κ2) is 5.28. The van der Waals surface area contributed by atoms with Crippen LogP contribution in [-0.4, -0.2) is 61.1 Å². The van der Waals surface area contributed by atoms with Crippen molar-refractivity contribution in [1.29, 1.82) is 5.26 Å². The van der Waals surface area contributed by atoms with E-state index in [2.05, 4.69) is 11.0 Å². The molecule has 0 N–H and O–H groups in total. The van der Waals surface area contributed by atoms with Gasteiger partial charge in [0.05, 0.1) is 12.6 Å². The quantitative estimate of drug-likeness (QED) is 0.610. The van der Waals surface area contributed by atoms with Gasteiger partial charge in [0.25, 0.3) is 5.91 Å². The first-order valence-corrected chi connectivity index (χ1v) is 5.81. The predicted octanol–water partition coefficient (Wildman–Crippen LogP) is -0.167. The minimum atomic E-state index is -0.206.